The Balaban J connectivity index is 2.25. The summed E-state index contributed by atoms with van der Waals surface area (Å²) in [6, 6.07) is 3.29. The van der Waals surface area contributed by atoms with E-state index >= 15 is 0 Å². The van der Waals surface area contributed by atoms with E-state index in [0.717, 1.165) is 0 Å². The van der Waals surface area contributed by atoms with Crippen molar-refractivity contribution in [2.45, 2.75) is 13.8 Å². The lowest BCUT2D eigenvalue weighted by Gasteiger charge is -2.20. The van der Waals surface area contributed by atoms with Crippen molar-refractivity contribution in [2.24, 2.45) is 5.92 Å². The van der Waals surface area contributed by atoms with E-state index in [2.05, 4.69) is 13.8 Å². The number of hydrogen-bond acceptors (Lipinski definition) is 4. The highest BCUT2D eigenvalue weighted by atomic mass is 16.7. The molecule has 1 amide bonds. The first-order valence-corrected chi connectivity index (χ1v) is 5.93. The van der Waals surface area contributed by atoms with Crippen molar-refractivity contribution in [1.82, 2.24) is 4.90 Å². The second kappa shape index (κ2) is 4.76. The molecule has 0 spiro atoms. The Morgan fingerprint density at radius 2 is 2.00 bits per heavy atom. The maximum Gasteiger partial charge on any atom is 0.255 e. The maximum atomic E-state index is 12.3. The Hall–Kier alpha value is -1.91. The molecule has 18 heavy (non-hydrogen) atoms. The SMILES string of the molecule is CC(C)CN(C)C(=O)c1cc2c(cc1N)OCO2. The third-order valence-electron chi connectivity index (χ3n) is 2.76. The summed E-state index contributed by atoms with van der Waals surface area (Å²) >= 11 is 0. The maximum absolute atomic E-state index is 12.3. The van der Waals surface area contributed by atoms with Crippen molar-refractivity contribution in [3.8, 4) is 11.5 Å². The molecule has 98 valence electrons. The van der Waals surface area contributed by atoms with Gasteiger partial charge in [0, 0.05) is 25.3 Å². The number of amides is 1. The van der Waals surface area contributed by atoms with Gasteiger partial charge >= 0.3 is 0 Å². The van der Waals surface area contributed by atoms with Crippen LogP contribution < -0.4 is 15.2 Å². The number of benzene rings is 1. The highest BCUT2D eigenvalue weighted by Crippen LogP contribution is 2.36. The molecular formula is C13H18N2O3. The molecule has 0 saturated heterocycles. The number of carbonyl (C=O) groups is 1. The van der Waals surface area contributed by atoms with Gasteiger partial charge in [-0.25, -0.2) is 0 Å². The summed E-state index contributed by atoms with van der Waals surface area (Å²) in [7, 11) is 1.77. The van der Waals surface area contributed by atoms with Gasteiger partial charge in [-0.15, -0.1) is 0 Å². The topological polar surface area (TPSA) is 64.8 Å². The predicted molar refractivity (Wildman–Crippen MR) is 68.8 cm³/mol. The highest BCUT2D eigenvalue weighted by Gasteiger charge is 2.21. The van der Waals surface area contributed by atoms with Gasteiger partial charge < -0.3 is 20.1 Å². The normalized spacial score (nSPS) is 12.9. The Bertz CT molecular complexity index is 472. The first-order chi connectivity index (χ1) is 8.49. The number of nitrogens with zero attached hydrogens (tertiary/aromatic N) is 1. The molecular weight excluding hydrogens is 232 g/mol. The lowest BCUT2D eigenvalue weighted by Crippen LogP contribution is -2.30. The highest BCUT2D eigenvalue weighted by molar-refractivity contribution is 6.00. The van der Waals surface area contributed by atoms with E-state index in [1.54, 1.807) is 24.1 Å². The first-order valence-electron chi connectivity index (χ1n) is 5.93. The van der Waals surface area contributed by atoms with Crippen LogP contribution in [0.25, 0.3) is 0 Å². The largest absolute Gasteiger partial charge is 0.454 e. The van der Waals surface area contributed by atoms with Crippen LogP contribution in [0.4, 0.5) is 5.69 Å². The van der Waals surface area contributed by atoms with Crippen LogP contribution in [-0.4, -0.2) is 31.2 Å². The molecule has 0 aromatic heterocycles. The molecule has 1 aromatic carbocycles. The summed E-state index contributed by atoms with van der Waals surface area (Å²) < 4.78 is 10.5. The fraction of sp³-hybridized carbons (Fsp3) is 0.462. The Kier molecular flexibility index (Phi) is 3.32. The molecule has 1 aliphatic rings. The zero-order valence-corrected chi connectivity index (χ0v) is 10.9. The van der Waals surface area contributed by atoms with Crippen molar-refractivity contribution < 1.29 is 14.3 Å². The summed E-state index contributed by atoms with van der Waals surface area (Å²) in [5.74, 6) is 1.48. The number of nitrogens with two attached hydrogens (primary N) is 1. The third-order valence-corrected chi connectivity index (χ3v) is 2.76. The molecule has 1 aromatic rings. The van der Waals surface area contributed by atoms with Crippen LogP contribution in [0.15, 0.2) is 12.1 Å². The van der Waals surface area contributed by atoms with Crippen molar-refractivity contribution in [1.29, 1.82) is 0 Å². The monoisotopic (exact) mass is 250 g/mol. The lowest BCUT2D eigenvalue weighted by molar-refractivity contribution is 0.0780. The molecule has 0 radical (unpaired) electrons. The van der Waals surface area contributed by atoms with Crippen LogP contribution in [0.1, 0.15) is 24.2 Å². The van der Waals surface area contributed by atoms with Crippen LogP contribution in [-0.2, 0) is 0 Å². The van der Waals surface area contributed by atoms with Crippen LogP contribution in [0, 0.1) is 5.92 Å². The quantitative estimate of drug-likeness (QED) is 0.830. The van der Waals surface area contributed by atoms with Crippen molar-refractivity contribution >= 4 is 11.6 Å². The molecule has 0 bridgehead atoms. The number of anilines is 1. The van der Waals surface area contributed by atoms with Crippen LogP contribution >= 0.6 is 0 Å². The van der Waals surface area contributed by atoms with Crippen LogP contribution in [0.3, 0.4) is 0 Å². The molecule has 0 saturated carbocycles. The molecule has 1 aliphatic heterocycles. The zero-order chi connectivity index (χ0) is 13.3. The van der Waals surface area contributed by atoms with Crippen LogP contribution in [0.5, 0.6) is 11.5 Å². The molecule has 0 aliphatic carbocycles. The van der Waals surface area contributed by atoms with Gasteiger partial charge in [-0.05, 0) is 12.0 Å². The van der Waals surface area contributed by atoms with Crippen molar-refractivity contribution in [2.75, 3.05) is 26.1 Å². The zero-order valence-electron chi connectivity index (χ0n) is 10.9. The standard InChI is InChI=1S/C13H18N2O3/c1-8(2)6-15(3)13(16)9-4-11-12(5-10(9)14)18-7-17-11/h4-5,8H,6-7,14H2,1-3H3. The Morgan fingerprint density at radius 3 is 2.61 bits per heavy atom. The molecule has 5 nitrogen and oxygen atoms in total. The van der Waals surface area contributed by atoms with E-state index in [1.165, 1.54) is 0 Å². The summed E-state index contributed by atoms with van der Waals surface area (Å²) in [6.45, 7) is 4.99. The number of hydrogen-bond donors (Lipinski definition) is 1. The van der Waals surface area contributed by atoms with Crippen molar-refractivity contribution in [3.05, 3.63) is 17.7 Å². The summed E-state index contributed by atoms with van der Waals surface area (Å²) in [6.07, 6.45) is 0. The van der Waals surface area contributed by atoms with Gasteiger partial charge in [0.2, 0.25) is 6.79 Å². The molecule has 0 fully saturated rings. The van der Waals surface area contributed by atoms with E-state index in [-0.39, 0.29) is 12.7 Å². The minimum atomic E-state index is -0.0977. The predicted octanol–water partition coefficient (Wildman–Crippen LogP) is 1.73. The molecule has 5 heteroatoms. The van der Waals surface area contributed by atoms with Gasteiger partial charge in [0.1, 0.15) is 0 Å². The first kappa shape index (κ1) is 12.5. The minimum Gasteiger partial charge on any atom is -0.454 e. The number of ether oxygens (including phenoxy) is 2. The molecule has 1 heterocycles. The second-order valence-corrected chi connectivity index (χ2v) is 4.87. The number of fused-ring (bicyclic) bond motifs is 1. The van der Waals surface area contributed by atoms with E-state index in [1.807, 2.05) is 0 Å². The Labute approximate surface area is 106 Å². The number of carbonyl (C=O) groups excluding carboxylic acids is 1. The van der Waals surface area contributed by atoms with E-state index in [9.17, 15) is 4.79 Å². The van der Waals surface area contributed by atoms with Gasteiger partial charge in [-0.3, -0.25) is 4.79 Å². The molecule has 0 unspecified atom stereocenters. The van der Waals surface area contributed by atoms with E-state index in [0.29, 0.717) is 35.2 Å². The number of nitrogen functional groups attached to an aromatic ring is 1. The van der Waals surface area contributed by atoms with Gasteiger partial charge in [-0.2, -0.15) is 0 Å². The summed E-state index contributed by atoms with van der Waals surface area (Å²) in [4.78, 5) is 13.9. The third kappa shape index (κ3) is 2.34. The summed E-state index contributed by atoms with van der Waals surface area (Å²) in [5.41, 5.74) is 6.76. The van der Waals surface area contributed by atoms with Gasteiger partial charge in [-0.1, -0.05) is 13.8 Å². The molecule has 2 N–H and O–H groups in total. The van der Waals surface area contributed by atoms with Gasteiger partial charge in [0.15, 0.2) is 11.5 Å². The molecule has 2 rings (SSSR count). The van der Waals surface area contributed by atoms with E-state index in [4.69, 9.17) is 15.2 Å². The van der Waals surface area contributed by atoms with Crippen LogP contribution in [0.2, 0.25) is 0 Å². The fourth-order valence-corrected chi connectivity index (χ4v) is 1.98. The summed E-state index contributed by atoms with van der Waals surface area (Å²) in [5, 5.41) is 0. The Morgan fingerprint density at radius 1 is 1.39 bits per heavy atom. The van der Waals surface area contributed by atoms with Crippen molar-refractivity contribution in [3.63, 3.8) is 0 Å². The van der Waals surface area contributed by atoms with E-state index < -0.39 is 0 Å². The average molecular weight is 250 g/mol. The smallest absolute Gasteiger partial charge is 0.255 e. The fourth-order valence-electron chi connectivity index (χ4n) is 1.98. The molecule has 0 atom stereocenters. The van der Waals surface area contributed by atoms with Gasteiger partial charge in [0.05, 0.1) is 5.56 Å². The lowest BCUT2D eigenvalue weighted by atomic mass is 10.1. The van der Waals surface area contributed by atoms with Gasteiger partial charge in [0.25, 0.3) is 5.91 Å². The average Bonchev–Trinajstić information content (AvgIpc) is 2.72. The second-order valence-electron chi connectivity index (χ2n) is 4.87. The minimum absolute atomic E-state index is 0.0977. The number of rotatable bonds is 3.